The normalized spacial score (nSPS) is 11.0. The highest BCUT2D eigenvalue weighted by molar-refractivity contribution is 6.31. The average Bonchev–Trinajstić information content (AvgIpc) is 2.69. The van der Waals surface area contributed by atoms with Crippen LogP contribution in [-0.4, -0.2) is 19.6 Å². The fourth-order valence-electron chi connectivity index (χ4n) is 2.64. The van der Waals surface area contributed by atoms with Gasteiger partial charge in [0, 0.05) is 17.0 Å². The van der Waals surface area contributed by atoms with E-state index in [2.05, 4.69) is 17.3 Å². The number of amides is 1. The highest BCUT2D eigenvalue weighted by Crippen LogP contribution is 2.28. The quantitative estimate of drug-likeness (QED) is 0.685. The molecule has 2 aromatic rings. The van der Waals surface area contributed by atoms with Crippen LogP contribution in [-0.2, 0) is 11.2 Å². The zero-order valence-corrected chi connectivity index (χ0v) is 16.5. The molecule has 0 aliphatic heterocycles. The van der Waals surface area contributed by atoms with Crippen LogP contribution >= 0.6 is 11.6 Å². The molecule has 144 valence electrons. The van der Waals surface area contributed by atoms with Crippen LogP contribution in [0, 0.1) is 30.6 Å². The molecule has 0 saturated carbocycles. The van der Waals surface area contributed by atoms with Crippen LogP contribution < -0.4 is 14.8 Å². The number of hydrogen-bond acceptors (Lipinski definition) is 4. The van der Waals surface area contributed by atoms with Gasteiger partial charge in [0.05, 0.1) is 13.2 Å². The lowest BCUT2D eigenvalue weighted by Crippen LogP contribution is -2.28. The van der Waals surface area contributed by atoms with Gasteiger partial charge in [0.1, 0.15) is 12.6 Å². The average molecular weight is 397 g/mol. The summed E-state index contributed by atoms with van der Waals surface area (Å²) in [4.78, 5) is 12.3. The molecule has 0 spiro atoms. The first-order chi connectivity index (χ1) is 13.5. The van der Waals surface area contributed by atoms with Crippen molar-refractivity contribution in [2.75, 3.05) is 13.7 Å². The van der Waals surface area contributed by atoms with Crippen molar-refractivity contribution < 1.29 is 14.3 Å². The van der Waals surface area contributed by atoms with E-state index in [9.17, 15) is 10.1 Å². The van der Waals surface area contributed by atoms with Crippen LogP contribution in [0.1, 0.15) is 29.2 Å². The van der Waals surface area contributed by atoms with Crippen LogP contribution in [0.5, 0.6) is 11.5 Å². The first kappa shape index (κ1) is 21.2. The Labute approximate surface area is 170 Å². The van der Waals surface area contributed by atoms with Gasteiger partial charge in [0.25, 0.3) is 0 Å². The minimum Gasteiger partial charge on any atom is -0.493 e. The largest absolute Gasteiger partial charge is 0.493 e. The fraction of sp³-hybridized carbons (Fsp3) is 0.273. The van der Waals surface area contributed by atoms with Crippen molar-refractivity contribution >= 4 is 17.5 Å². The fourth-order valence-corrected chi connectivity index (χ4v) is 2.99. The molecule has 5 nitrogen and oxygen atoms in total. The molecule has 6 heteroatoms. The van der Waals surface area contributed by atoms with Gasteiger partial charge < -0.3 is 14.8 Å². The Morgan fingerprint density at radius 3 is 2.71 bits per heavy atom. The molecule has 1 atom stereocenters. The number of terminal acetylenes is 1. The molecule has 28 heavy (non-hydrogen) atoms. The van der Waals surface area contributed by atoms with E-state index in [4.69, 9.17) is 27.5 Å². The molecule has 1 unspecified atom stereocenters. The Hall–Kier alpha value is -3.15. The lowest BCUT2D eigenvalue weighted by atomic mass is 10.0. The first-order valence-electron chi connectivity index (χ1n) is 8.66. The van der Waals surface area contributed by atoms with Gasteiger partial charge in [-0.2, -0.15) is 5.26 Å². The molecule has 0 aromatic heterocycles. The summed E-state index contributed by atoms with van der Waals surface area (Å²) in [6.45, 7) is 2.06. The van der Waals surface area contributed by atoms with Gasteiger partial charge in [-0.1, -0.05) is 35.7 Å². The molecule has 0 bridgehead atoms. The van der Waals surface area contributed by atoms with Crippen LogP contribution in [0.25, 0.3) is 0 Å². The van der Waals surface area contributed by atoms with Crippen LogP contribution in [0.3, 0.4) is 0 Å². The van der Waals surface area contributed by atoms with E-state index >= 15 is 0 Å². The molecule has 0 heterocycles. The molecule has 0 aliphatic carbocycles. The molecule has 0 aliphatic rings. The van der Waals surface area contributed by atoms with Crippen LogP contribution in [0.2, 0.25) is 5.02 Å². The summed E-state index contributed by atoms with van der Waals surface area (Å²) in [5.74, 6) is 3.26. The zero-order chi connectivity index (χ0) is 20.5. The van der Waals surface area contributed by atoms with E-state index in [0.29, 0.717) is 28.5 Å². The molecule has 2 rings (SSSR count). The lowest BCUT2D eigenvalue weighted by molar-refractivity contribution is -0.121. The van der Waals surface area contributed by atoms with E-state index in [1.54, 1.807) is 24.3 Å². The van der Waals surface area contributed by atoms with Gasteiger partial charge in [-0.15, -0.1) is 6.42 Å². The van der Waals surface area contributed by atoms with Crippen molar-refractivity contribution in [3.05, 3.63) is 58.1 Å². The topological polar surface area (TPSA) is 71.3 Å². The third-order valence-electron chi connectivity index (χ3n) is 4.08. The number of carbonyl (C=O) groups excluding carboxylic acids is 1. The van der Waals surface area contributed by atoms with E-state index in [1.165, 1.54) is 7.11 Å². The van der Waals surface area contributed by atoms with Crippen LogP contribution in [0.4, 0.5) is 0 Å². The summed E-state index contributed by atoms with van der Waals surface area (Å²) >= 11 is 6.20. The predicted octanol–water partition coefficient (Wildman–Crippen LogP) is 3.98. The second-order valence-electron chi connectivity index (χ2n) is 6.13. The van der Waals surface area contributed by atoms with Gasteiger partial charge in [-0.05, 0) is 42.7 Å². The van der Waals surface area contributed by atoms with Crippen molar-refractivity contribution in [3.8, 4) is 29.9 Å². The standard InChI is InChI=1S/C22H21ClN2O3/c1-4-11-28-20-9-6-16(13-21(20)27-3)7-10-22(26)25-19(14-24)17-8-5-15(2)12-18(17)23/h1,5-6,8-9,12-13,19H,7,10-11H2,2-3H3,(H,25,26). The second kappa shape index (κ2) is 10.3. The number of halogens is 1. The van der Waals surface area contributed by atoms with Crippen molar-refractivity contribution in [2.45, 2.75) is 25.8 Å². The number of hydrogen-bond donors (Lipinski definition) is 1. The second-order valence-corrected chi connectivity index (χ2v) is 6.54. The highest BCUT2D eigenvalue weighted by Gasteiger charge is 2.17. The Morgan fingerprint density at radius 2 is 2.07 bits per heavy atom. The number of methoxy groups -OCH3 is 1. The number of benzene rings is 2. The van der Waals surface area contributed by atoms with Crippen molar-refractivity contribution in [2.24, 2.45) is 0 Å². The number of nitrogens with one attached hydrogen (secondary N) is 1. The number of nitrogens with zero attached hydrogens (tertiary/aromatic N) is 1. The van der Waals surface area contributed by atoms with Crippen molar-refractivity contribution in [3.63, 3.8) is 0 Å². The molecular formula is C22H21ClN2O3. The third kappa shape index (κ3) is 5.67. The van der Waals surface area contributed by atoms with Crippen molar-refractivity contribution in [1.82, 2.24) is 5.32 Å². The Kier molecular flexibility index (Phi) is 7.75. The SMILES string of the molecule is C#CCOc1ccc(CCC(=O)NC(C#N)c2ccc(C)cc2Cl)cc1OC. The third-order valence-corrected chi connectivity index (χ3v) is 4.41. The van der Waals surface area contributed by atoms with Gasteiger partial charge in [-0.25, -0.2) is 0 Å². The zero-order valence-electron chi connectivity index (χ0n) is 15.8. The monoisotopic (exact) mass is 396 g/mol. The molecule has 0 radical (unpaired) electrons. The maximum absolute atomic E-state index is 12.3. The smallest absolute Gasteiger partial charge is 0.221 e. The lowest BCUT2D eigenvalue weighted by Gasteiger charge is -2.14. The summed E-state index contributed by atoms with van der Waals surface area (Å²) in [6.07, 6.45) is 5.90. The van der Waals surface area contributed by atoms with E-state index in [1.807, 2.05) is 19.1 Å². The minimum absolute atomic E-state index is 0.148. The number of rotatable bonds is 8. The maximum atomic E-state index is 12.3. The molecule has 1 amide bonds. The molecule has 0 fully saturated rings. The predicted molar refractivity (Wildman–Crippen MR) is 108 cm³/mol. The van der Waals surface area contributed by atoms with Gasteiger partial charge in [0.15, 0.2) is 11.5 Å². The molecular weight excluding hydrogens is 376 g/mol. The van der Waals surface area contributed by atoms with Crippen molar-refractivity contribution in [1.29, 1.82) is 5.26 Å². The molecule has 1 N–H and O–H groups in total. The number of nitriles is 1. The van der Waals surface area contributed by atoms with Crippen LogP contribution in [0.15, 0.2) is 36.4 Å². The summed E-state index contributed by atoms with van der Waals surface area (Å²) in [5, 5.41) is 12.6. The molecule has 2 aromatic carbocycles. The van der Waals surface area contributed by atoms with Gasteiger partial charge in [-0.3, -0.25) is 4.79 Å². The Balaban J connectivity index is 1.99. The van der Waals surface area contributed by atoms with Gasteiger partial charge >= 0.3 is 0 Å². The Morgan fingerprint density at radius 1 is 1.29 bits per heavy atom. The van der Waals surface area contributed by atoms with E-state index in [-0.39, 0.29) is 18.9 Å². The minimum atomic E-state index is -0.797. The summed E-state index contributed by atoms with van der Waals surface area (Å²) < 4.78 is 10.7. The first-order valence-corrected chi connectivity index (χ1v) is 9.04. The van der Waals surface area contributed by atoms with E-state index < -0.39 is 6.04 Å². The number of aryl methyl sites for hydroxylation is 2. The van der Waals surface area contributed by atoms with Gasteiger partial charge in [0.2, 0.25) is 5.91 Å². The van der Waals surface area contributed by atoms with E-state index in [0.717, 1.165) is 11.1 Å². The molecule has 0 saturated heterocycles. The summed E-state index contributed by atoms with van der Waals surface area (Å²) in [6, 6.07) is 12.1. The number of carbonyl (C=O) groups is 1. The summed E-state index contributed by atoms with van der Waals surface area (Å²) in [7, 11) is 1.54. The highest BCUT2D eigenvalue weighted by atomic mass is 35.5. The Bertz CT molecular complexity index is 928. The summed E-state index contributed by atoms with van der Waals surface area (Å²) in [5.41, 5.74) is 2.47. The number of ether oxygens (including phenoxy) is 2. The maximum Gasteiger partial charge on any atom is 0.221 e.